The summed E-state index contributed by atoms with van der Waals surface area (Å²) in [5.41, 5.74) is 10.7. The normalized spacial score (nSPS) is 11.0. The van der Waals surface area contributed by atoms with Crippen LogP contribution in [0.1, 0.15) is 35.6 Å². The van der Waals surface area contributed by atoms with E-state index in [1.165, 1.54) is 6.20 Å². The molecule has 0 aliphatic carbocycles. The molecule has 3 N–H and O–H groups in total. The maximum atomic E-state index is 12.9. The van der Waals surface area contributed by atoms with Gasteiger partial charge in [0.1, 0.15) is 0 Å². The van der Waals surface area contributed by atoms with Crippen LogP contribution in [0.2, 0.25) is 0 Å². The zero-order valence-corrected chi connectivity index (χ0v) is 19.1. The van der Waals surface area contributed by atoms with Gasteiger partial charge < -0.3 is 11.1 Å². The number of hydrogen-bond donors (Lipinski definition) is 2. The van der Waals surface area contributed by atoms with Crippen LogP contribution in [-0.4, -0.2) is 25.8 Å². The van der Waals surface area contributed by atoms with E-state index >= 15 is 0 Å². The molecule has 168 valence electrons. The van der Waals surface area contributed by atoms with Crippen LogP contribution in [0, 0.1) is 18.3 Å². The molecule has 3 heterocycles. The van der Waals surface area contributed by atoms with Gasteiger partial charge in [0.05, 0.1) is 34.8 Å². The van der Waals surface area contributed by atoms with E-state index in [2.05, 4.69) is 31.3 Å². The molecule has 0 atom stereocenters. The third-order valence-corrected chi connectivity index (χ3v) is 5.43. The van der Waals surface area contributed by atoms with Gasteiger partial charge in [-0.05, 0) is 56.7 Å². The topological polar surface area (TPSA) is 130 Å². The molecule has 8 heteroatoms. The van der Waals surface area contributed by atoms with Crippen molar-refractivity contribution < 1.29 is 4.79 Å². The lowest BCUT2D eigenvalue weighted by Gasteiger charge is -2.15. The third kappa shape index (κ3) is 4.74. The smallest absolute Gasteiger partial charge is 0.255 e. The minimum absolute atomic E-state index is 0.211. The van der Waals surface area contributed by atoms with Crippen molar-refractivity contribution in [2.24, 2.45) is 0 Å². The number of hydrogen-bond acceptors (Lipinski definition) is 7. The van der Waals surface area contributed by atoms with Gasteiger partial charge in [-0.2, -0.15) is 5.26 Å². The van der Waals surface area contributed by atoms with E-state index in [1.807, 2.05) is 37.3 Å². The highest BCUT2D eigenvalue weighted by Crippen LogP contribution is 2.29. The second-order valence-corrected chi connectivity index (χ2v) is 8.36. The molecule has 1 amide bonds. The highest BCUT2D eigenvalue weighted by atomic mass is 16.1. The molecule has 0 saturated heterocycles. The second-order valence-electron chi connectivity index (χ2n) is 8.36. The van der Waals surface area contributed by atoms with Crippen LogP contribution in [0.4, 0.5) is 11.6 Å². The zero-order chi connectivity index (χ0) is 24.3. The van der Waals surface area contributed by atoms with Crippen LogP contribution >= 0.6 is 0 Å². The highest BCUT2D eigenvalue weighted by Gasteiger charge is 2.22. The molecule has 4 aromatic rings. The van der Waals surface area contributed by atoms with Crippen molar-refractivity contribution >= 4 is 17.5 Å². The number of nitrogens with two attached hydrogens (primary N) is 1. The molecule has 0 aliphatic rings. The van der Waals surface area contributed by atoms with Crippen LogP contribution < -0.4 is 11.1 Å². The van der Waals surface area contributed by atoms with Crippen molar-refractivity contribution in [1.82, 2.24) is 19.9 Å². The Bertz CT molecular complexity index is 1420. The van der Waals surface area contributed by atoms with Gasteiger partial charge in [0.25, 0.3) is 5.91 Å². The Morgan fingerprint density at radius 3 is 2.56 bits per heavy atom. The van der Waals surface area contributed by atoms with Crippen molar-refractivity contribution in [3.8, 4) is 28.5 Å². The Kier molecular flexibility index (Phi) is 6.02. The number of carbonyl (C=O) groups is 1. The van der Waals surface area contributed by atoms with Crippen LogP contribution in [0.5, 0.6) is 0 Å². The van der Waals surface area contributed by atoms with E-state index in [1.54, 1.807) is 44.4 Å². The largest absolute Gasteiger partial charge is 0.368 e. The second kappa shape index (κ2) is 9.08. The number of carbonyl (C=O) groups excluding carboxylic acids is 1. The maximum Gasteiger partial charge on any atom is 0.255 e. The molecule has 8 nitrogen and oxygen atoms in total. The van der Waals surface area contributed by atoms with E-state index in [4.69, 9.17) is 5.73 Å². The predicted molar refractivity (Wildman–Crippen MR) is 131 cm³/mol. The molecule has 1 aromatic carbocycles. The lowest BCUT2D eigenvalue weighted by molar-refractivity contribution is 0.102. The lowest BCUT2D eigenvalue weighted by Crippen LogP contribution is -2.18. The Balaban J connectivity index is 1.63. The summed E-state index contributed by atoms with van der Waals surface area (Å²) < 4.78 is 0. The number of aryl methyl sites for hydroxylation is 1. The Labute approximate surface area is 197 Å². The molecule has 0 spiro atoms. The van der Waals surface area contributed by atoms with Crippen molar-refractivity contribution in [2.75, 3.05) is 11.1 Å². The van der Waals surface area contributed by atoms with Crippen LogP contribution in [-0.2, 0) is 5.41 Å². The van der Waals surface area contributed by atoms with Gasteiger partial charge in [-0.15, -0.1) is 0 Å². The summed E-state index contributed by atoms with van der Waals surface area (Å²) in [5.74, 6) is -0.0953. The van der Waals surface area contributed by atoms with Gasteiger partial charge in [-0.1, -0.05) is 18.2 Å². The maximum absolute atomic E-state index is 12.9. The number of nitrogen functional groups attached to an aromatic ring is 1. The fraction of sp³-hybridized carbons (Fsp3) is 0.154. The monoisotopic (exact) mass is 449 g/mol. The summed E-state index contributed by atoms with van der Waals surface area (Å²) in [6, 6.07) is 17.0. The van der Waals surface area contributed by atoms with Crippen LogP contribution in [0.15, 0.2) is 67.1 Å². The number of benzene rings is 1. The average molecular weight is 450 g/mol. The van der Waals surface area contributed by atoms with E-state index in [9.17, 15) is 10.1 Å². The van der Waals surface area contributed by atoms with E-state index < -0.39 is 5.41 Å². The molecular formula is C26H23N7O. The van der Waals surface area contributed by atoms with Gasteiger partial charge in [0, 0.05) is 34.8 Å². The molecule has 34 heavy (non-hydrogen) atoms. The van der Waals surface area contributed by atoms with E-state index in [0.717, 1.165) is 28.1 Å². The zero-order valence-electron chi connectivity index (χ0n) is 19.1. The summed E-state index contributed by atoms with van der Waals surface area (Å²) in [7, 11) is 0. The number of pyridine rings is 2. The number of amides is 1. The minimum Gasteiger partial charge on any atom is -0.368 e. The standard InChI is InChI=1S/C26H23N7O/c1-16-21(17-5-4-6-18(11-17)22-8-10-30-25(28)33-22)13-20(14-31-16)32-24(34)19-7-9-29-23(12-19)26(2,3)15-27/h4-14H,1-3H3,(H,32,34)(H2,28,30,33). The third-order valence-electron chi connectivity index (χ3n) is 5.43. The first-order valence-electron chi connectivity index (χ1n) is 10.6. The Hall–Kier alpha value is -4.64. The predicted octanol–water partition coefficient (Wildman–Crippen LogP) is 4.54. The molecule has 4 rings (SSSR count). The number of anilines is 2. The molecule has 0 radical (unpaired) electrons. The Morgan fingerprint density at radius 2 is 1.79 bits per heavy atom. The van der Waals surface area contributed by atoms with Crippen molar-refractivity contribution in [3.05, 3.63) is 84.1 Å². The van der Waals surface area contributed by atoms with Crippen molar-refractivity contribution in [1.29, 1.82) is 5.26 Å². The van der Waals surface area contributed by atoms with Gasteiger partial charge in [-0.3, -0.25) is 14.8 Å². The first-order chi connectivity index (χ1) is 16.3. The minimum atomic E-state index is -0.797. The van der Waals surface area contributed by atoms with Crippen LogP contribution in [0.3, 0.4) is 0 Å². The van der Waals surface area contributed by atoms with Gasteiger partial charge >= 0.3 is 0 Å². The van der Waals surface area contributed by atoms with Gasteiger partial charge in [0.15, 0.2) is 0 Å². The number of nitrogens with zero attached hydrogens (tertiary/aromatic N) is 5. The summed E-state index contributed by atoms with van der Waals surface area (Å²) in [6.45, 7) is 5.43. The number of nitriles is 1. The van der Waals surface area contributed by atoms with E-state index in [0.29, 0.717) is 16.9 Å². The number of rotatable bonds is 5. The summed E-state index contributed by atoms with van der Waals surface area (Å²) in [4.78, 5) is 29.9. The number of nitrogens with one attached hydrogen (secondary N) is 1. The summed E-state index contributed by atoms with van der Waals surface area (Å²) >= 11 is 0. The molecule has 0 fully saturated rings. The summed E-state index contributed by atoms with van der Waals surface area (Å²) in [5, 5.41) is 12.3. The first kappa shape index (κ1) is 22.6. The highest BCUT2D eigenvalue weighted by molar-refractivity contribution is 6.04. The fourth-order valence-corrected chi connectivity index (χ4v) is 3.45. The molecule has 0 unspecified atom stereocenters. The van der Waals surface area contributed by atoms with Crippen molar-refractivity contribution in [3.63, 3.8) is 0 Å². The first-order valence-corrected chi connectivity index (χ1v) is 10.6. The average Bonchev–Trinajstić information content (AvgIpc) is 2.85. The molecule has 3 aromatic heterocycles. The molecular weight excluding hydrogens is 426 g/mol. The van der Waals surface area contributed by atoms with Crippen molar-refractivity contribution in [2.45, 2.75) is 26.2 Å². The molecule has 0 saturated carbocycles. The van der Waals surface area contributed by atoms with E-state index in [-0.39, 0.29) is 11.9 Å². The Morgan fingerprint density at radius 1 is 1.03 bits per heavy atom. The lowest BCUT2D eigenvalue weighted by atomic mass is 9.90. The SMILES string of the molecule is Cc1ncc(NC(=O)c2ccnc(C(C)(C)C#N)c2)cc1-c1cccc(-c2ccnc(N)n2)c1. The van der Waals surface area contributed by atoms with Crippen LogP contribution in [0.25, 0.3) is 22.4 Å². The van der Waals surface area contributed by atoms with Gasteiger partial charge in [-0.25, -0.2) is 9.97 Å². The summed E-state index contributed by atoms with van der Waals surface area (Å²) in [6.07, 6.45) is 4.77. The number of aromatic nitrogens is 4. The molecule has 0 aliphatic heterocycles. The van der Waals surface area contributed by atoms with Gasteiger partial charge in [0.2, 0.25) is 5.95 Å². The fourth-order valence-electron chi connectivity index (χ4n) is 3.45. The quantitative estimate of drug-likeness (QED) is 0.457. The molecule has 0 bridgehead atoms.